The lowest BCUT2D eigenvalue weighted by Crippen LogP contribution is -2.44. The van der Waals surface area contributed by atoms with Crippen LogP contribution in [0, 0.1) is 11.8 Å². The Morgan fingerprint density at radius 1 is 1.22 bits per heavy atom. The zero-order chi connectivity index (χ0) is 16.7. The first-order valence-corrected chi connectivity index (χ1v) is 8.13. The first kappa shape index (κ1) is 17.2. The molecule has 1 aromatic heterocycles. The van der Waals surface area contributed by atoms with Crippen LogP contribution in [-0.2, 0) is 9.59 Å². The third-order valence-corrected chi connectivity index (χ3v) is 3.92. The Balaban J connectivity index is 1.68. The lowest BCUT2D eigenvalue weighted by molar-refractivity contribution is -0.139. The number of piperidine rings is 1. The van der Waals surface area contributed by atoms with E-state index in [1.54, 1.807) is 18.6 Å². The van der Waals surface area contributed by atoms with Crippen LogP contribution < -0.4 is 15.5 Å². The van der Waals surface area contributed by atoms with Crippen molar-refractivity contribution >= 4 is 17.6 Å². The number of amides is 2. The molecule has 1 saturated heterocycles. The second kappa shape index (κ2) is 8.45. The molecule has 1 aliphatic heterocycles. The number of nitrogens with one attached hydrogen (secondary N) is 2. The Bertz CT molecular complexity index is 512. The molecular weight excluding hydrogens is 294 g/mol. The van der Waals surface area contributed by atoms with E-state index in [1.165, 1.54) is 0 Å². The predicted molar refractivity (Wildman–Crippen MR) is 87.8 cm³/mol. The van der Waals surface area contributed by atoms with Gasteiger partial charge < -0.3 is 15.5 Å². The summed E-state index contributed by atoms with van der Waals surface area (Å²) in [5, 5.41) is 5.36. The monoisotopic (exact) mass is 319 g/mol. The fourth-order valence-electron chi connectivity index (χ4n) is 2.52. The first-order chi connectivity index (χ1) is 11.1. The Morgan fingerprint density at radius 2 is 1.91 bits per heavy atom. The summed E-state index contributed by atoms with van der Waals surface area (Å²) in [4.78, 5) is 33.9. The molecule has 0 unspecified atom stereocenters. The van der Waals surface area contributed by atoms with Crippen molar-refractivity contribution in [1.29, 1.82) is 0 Å². The number of anilines is 1. The SMILES string of the molecule is CC(C)CNC(=O)C(=O)NCC1CCN(c2cnccn2)CC1. The Hall–Kier alpha value is -2.18. The summed E-state index contributed by atoms with van der Waals surface area (Å²) in [5.74, 6) is 0.530. The summed E-state index contributed by atoms with van der Waals surface area (Å²) >= 11 is 0. The highest BCUT2D eigenvalue weighted by Crippen LogP contribution is 2.20. The lowest BCUT2D eigenvalue weighted by Gasteiger charge is -2.32. The van der Waals surface area contributed by atoms with E-state index in [4.69, 9.17) is 0 Å². The van der Waals surface area contributed by atoms with E-state index in [-0.39, 0.29) is 0 Å². The maximum atomic E-state index is 11.7. The number of hydrogen-bond acceptors (Lipinski definition) is 5. The van der Waals surface area contributed by atoms with Crippen LogP contribution >= 0.6 is 0 Å². The van der Waals surface area contributed by atoms with Gasteiger partial charge in [0.25, 0.3) is 0 Å². The molecule has 1 aromatic rings. The summed E-state index contributed by atoms with van der Waals surface area (Å²) < 4.78 is 0. The molecule has 7 heteroatoms. The van der Waals surface area contributed by atoms with Crippen LogP contribution in [0.1, 0.15) is 26.7 Å². The van der Waals surface area contributed by atoms with E-state index in [9.17, 15) is 9.59 Å². The third-order valence-electron chi connectivity index (χ3n) is 3.92. The smallest absolute Gasteiger partial charge is 0.309 e. The first-order valence-electron chi connectivity index (χ1n) is 8.13. The van der Waals surface area contributed by atoms with Crippen molar-refractivity contribution in [1.82, 2.24) is 20.6 Å². The minimum atomic E-state index is -0.546. The van der Waals surface area contributed by atoms with Gasteiger partial charge in [-0.1, -0.05) is 13.8 Å². The third kappa shape index (κ3) is 5.50. The molecular formula is C16H25N5O2. The van der Waals surface area contributed by atoms with Crippen molar-refractivity contribution in [2.24, 2.45) is 11.8 Å². The normalized spacial score (nSPS) is 15.5. The topological polar surface area (TPSA) is 87.2 Å². The van der Waals surface area contributed by atoms with Gasteiger partial charge in [0.1, 0.15) is 5.82 Å². The molecule has 0 atom stereocenters. The fourth-order valence-corrected chi connectivity index (χ4v) is 2.52. The van der Waals surface area contributed by atoms with Crippen molar-refractivity contribution in [2.45, 2.75) is 26.7 Å². The predicted octanol–water partition coefficient (Wildman–Crippen LogP) is 0.581. The van der Waals surface area contributed by atoms with Gasteiger partial charge in [0.15, 0.2) is 0 Å². The molecule has 2 amide bonds. The summed E-state index contributed by atoms with van der Waals surface area (Å²) in [7, 11) is 0. The van der Waals surface area contributed by atoms with Crippen molar-refractivity contribution in [2.75, 3.05) is 31.1 Å². The molecule has 0 bridgehead atoms. The molecule has 0 aromatic carbocycles. The van der Waals surface area contributed by atoms with E-state index >= 15 is 0 Å². The van der Waals surface area contributed by atoms with Crippen LogP contribution in [0.25, 0.3) is 0 Å². The number of rotatable bonds is 5. The lowest BCUT2D eigenvalue weighted by atomic mass is 9.97. The van der Waals surface area contributed by atoms with Crippen molar-refractivity contribution in [3.05, 3.63) is 18.6 Å². The zero-order valence-corrected chi connectivity index (χ0v) is 13.8. The second-order valence-electron chi connectivity index (χ2n) is 6.31. The highest BCUT2D eigenvalue weighted by Gasteiger charge is 2.22. The largest absolute Gasteiger partial charge is 0.355 e. The molecule has 7 nitrogen and oxygen atoms in total. The van der Waals surface area contributed by atoms with E-state index < -0.39 is 11.8 Å². The molecule has 0 radical (unpaired) electrons. The summed E-state index contributed by atoms with van der Waals surface area (Å²) in [6.45, 7) is 6.81. The van der Waals surface area contributed by atoms with Crippen LogP contribution in [0.5, 0.6) is 0 Å². The molecule has 2 rings (SSSR count). The molecule has 1 fully saturated rings. The van der Waals surface area contributed by atoms with Gasteiger partial charge in [-0.3, -0.25) is 14.6 Å². The quantitative estimate of drug-likeness (QED) is 0.775. The second-order valence-corrected chi connectivity index (χ2v) is 6.31. The molecule has 0 aliphatic carbocycles. The summed E-state index contributed by atoms with van der Waals surface area (Å²) in [6.07, 6.45) is 7.05. The van der Waals surface area contributed by atoms with Gasteiger partial charge in [0.2, 0.25) is 0 Å². The highest BCUT2D eigenvalue weighted by atomic mass is 16.2. The Kier molecular flexibility index (Phi) is 6.31. The maximum absolute atomic E-state index is 11.7. The van der Waals surface area contributed by atoms with Gasteiger partial charge in [0, 0.05) is 38.6 Å². The molecule has 126 valence electrons. The van der Waals surface area contributed by atoms with Gasteiger partial charge >= 0.3 is 11.8 Å². The fraction of sp³-hybridized carbons (Fsp3) is 0.625. The highest BCUT2D eigenvalue weighted by molar-refractivity contribution is 6.35. The summed E-state index contributed by atoms with van der Waals surface area (Å²) in [5.41, 5.74) is 0. The number of carbonyl (C=O) groups is 2. The number of hydrogen-bond donors (Lipinski definition) is 2. The van der Waals surface area contributed by atoms with Gasteiger partial charge in [-0.25, -0.2) is 4.98 Å². The van der Waals surface area contributed by atoms with Crippen LogP contribution in [0.4, 0.5) is 5.82 Å². The van der Waals surface area contributed by atoms with Crippen LogP contribution in [0.2, 0.25) is 0 Å². The average molecular weight is 319 g/mol. The van der Waals surface area contributed by atoms with Gasteiger partial charge in [0.05, 0.1) is 6.20 Å². The molecule has 0 spiro atoms. The minimum absolute atomic E-state index is 0.331. The molecule has 0 saturated carbocycles. The Morgan fingerprint density at radius 3 is 2.52 bits per heavy atom. The number of carbonyl (C=O) groups excluding carboxylic acids is 2. The molecule has 2 N–H and O–H groups in total. The van der Waals surface area contributed by atoms with Crippen LogP contribution in [-0.4, -0.2) is 48.0 Å². The van der Waals surface area contributed by atoms with E-state index in [1.807, 2.05) is 13.8 Å². The van der Waals surface area contributed by atoms with Gasteiger partial charge in [-0.2, -0.15) is 0 Å². The number of nitrogens with zero attached hydrogens (tertiary/aromatic N) is 3. The van der Waals surface area contributed by atoms with Crippen LogP contribution in [0.15, 0.2) is 18.6 Å². The average Bonchev–Trinajstić information content (AvgIpc) is 2.58. The van der Waals surface area contributed by atoms with Crippen LogP contribution in [0.3, 0.4) is 0 Å². The number of aromatic nitrogens is 2. The minimum Gasteiger partial charge on any atom is -0.355 e. The van der Waals surface area contributed by atoms with E-state index in [0.717, 1.165) is 31.7 Å². The standard InChI is InChI=1S/C16H25N5O2/c1-12(2)9-19-15(22)16(23)20-10-13-3-7-21(8-4-13)14-11-17-5-6-18-14/h5-6,11-13H,3-4,7-10H2,1-2H3,(H,19,22)(H,20,23). The van der Waals surface area contributed by atoms with Gasteiger partial charge in [-0.15, -0.1) is 0 Å². The Labute approximate surface area is 136 Å². The van der Waals surface area contributed by atoms with Gasteiger partial charge in [-0.05, 0) is 24.7 Å². The van der Waals surface area contributed by atoms with Crippen molar-refractivity contribution < 1.29 is 9.59 Å². The van der Waals surface area contributed by atoms with Crippen molar-refractivity contribution in [3.63, 3.8) is 0 Å². The summed E-state index contributed by atoms with van der Waals surface area (Å²) in [6, 6.07) is 0. The molecule has 23 heavy (non-hydrogen) atoms. The van der Waals surface area contributed by atoms with E-state index in [0.29, 0.717) is 24.9 Å². The molecule has 1 aliphatic rings. The zero-order valence-electron chi connectivity index (χ0n) is 13.8. The maximum Gasteiger partial charge on any atom is 0.309 e. The van der Waals surface area contributed by atoms with E-state index in [2.05, 4.69) is 25.5 Å². The molecule has 2 heterocycles. The van der Waals surface area contributed by atoms with Crippen molar-refractivity contribution in [3.8, 4) is 0 Å².